The van der Waals surface area contributed by atoms with Crippen LogP contribution in [0.5, 0.6) is 11.7 Å². The molecule has 0 aliphatic carbocycles. The molecule has 1 aromatic heterocycles. The summed E-state index contributed by atoms with van der Waals surface area (Å²) in [7, 11) is 1.68. The first-order chi connectivity index (χ1) is 9.24. The average Bonchev–Trinajstić information content (AvgIpc) is 2.78. The maximum Gasteiger partial charge on any atom is 0.308 e. The first-order valence-corrected chi connectivity index (χ1v) is 6.45. The number of nitrogens with zero attached hydrogens (tertiary/aromatic N) is 1. The molecule has 0 amide bonds. The van der Waals surface area contributed by atoms with E-state index in [4.69, 9.17) is 13.9 Å². The Labute approximate surface area is 113 Å². The zero-order valence-electron chi connectivity index (χ0n) is 11.6. The topological polar surface area (TPSA) is 44.5 Å². The van der Waals surface area contributed by atoms with Gasteiger partial charge in [-0.2, -0.15) is 0 Å². The molecule has 1 heterocycles. The third-order valence-electron chi connectivity index (χ3n) is 2.87. The molecule has 0 N–H and O–H groups in total. The van der Waals surface area contributed by atoms with Crippen LogP contribution in [0.15, 0.2) is 28.7 Å². The van der Waals surface area contributed by atoms with Crippen molar-refractivity contribution < 1.29 is 13.9 Å². The Kier molecular flexibility index (Phi) is 4.44. The van der Waals surface area contributed by atoms with E-state index in [1.807, 2.05) is 32.0 Å². The van der Waals surface area contributed by atoms with Crippen molar-refractivity contribution in [2.24, 2.45) is 0 Å². The molecule has 0 spiro atoms. The fourth-order valence-corrected chi connectivity index (χ4v) is 1.96. The molecule has 1 aromatic carbocycles. The van der Waals surface area contributed by atoms with Gasteiger partial charge in [-0.1, -0.05) is 18.2 Å². The second kappa shape index (κ2) is 6.27. The minimum atomic E-state index is 0.525. The predicted molar refractivity (Wildman–Crippen MR) is 72.8 cm³/mol. The Bertz CT molecular complexity index is 534. The molecule has 2 aromatic rings. The maximum atomic E-state index is 5.58. The SMILES string of the molecule is CCOc1oc(CCc2ccccc2OC)nc1C. The Hall–Kier alpha value is -1.97. The quantitative estimate of drug-likeness (QED) is 0.801. The molecule has 0 unspecified atom stereocenters. The zero-order valence-corrected chi connectivity index (χ0v) is 11.6. The lowest BCUT2D eigenvalue weighted by atomic mass is 10.1. The Balaban J connectivity index is 2.04. The Morgan fingerprint density at radius 3 is 2.74 bits per heavy atom. The standard InChI is InChI=1S/C15H19NO3/c1-4-18-15-11(2)16-14(19-15)10-9-12-7-5-6-8-13(12)17-3/h5-8H,4,9-10H2,1-3H3. The maximum absolute atomic E-state index is 5.58. The van der Waals surface area contributed by atoms with Gasteiger partial charge in [-0.15, -0.1) is 0 Å². The summed E-state index contributed by atoms with van der Waals surface area (Å²) in [5.74, 6) is 2.13. The molecule has 0 bridgehead atoms. The summed E-state index contributed by atoms with van der Waals surface area (Å²) >= 11 is 0. The van der Waals surface area contributed by atoms with Crippen molar-refractivity contribution in [1.82, 2.24) is 4.98 Å². The first kappa shape index (κ1) is 13.5. The molecule has 19 heavy (non-hydrogen) atoms. The molecule has 102 valence electrons. The highest BCUT2D eigenvalue weighted by atomic mass is 16.6. The van der Waals surface area contributed by atoms with Gasteiger partial charge in [0.25, 0.3) is 0 Å². The molecule has 0 saturated heterocycles. The molecule has 0 saturated carbocycles. The van der Waals surface area contributed by atoms with E-state index >= 15 is 0 Å². The number of hydrogen-bond donors (Lipinski definition) is 0. The molecular weight excluding hydrogens is 242 g/mol. The Morgan fingerprint density at radius 1 is 1.21 bits per heavy atom. The van der Waals surface area contributed by atoms with E-state index in [0.717, 1.165) is 29.8 Å². The van der Waals surface area contributed by atoms with Gasteiger partial charge in [0.2, 0.25) is 0 Å². The fraction of sp³-hybridized carbons (Fsp3) is 0.400. The van der Waals surface area contributed by atoms with E-state index in [1.165, 1.54) is 0 Å². The van der Waals surface area contributed by atoms with Crippen molar-refractivity contribution in [3.8, 4) is 11.7 Å². The van der Waals surface area contributed by atoms with Crippen LogP contribution in [0.4, 0.5) is 0 Å². The van der Waals surface area contributed by atoms with Gasteiger partial charge in [-0.25, -0.2) is 4.98 Å². The number of aryl methyl sites for hydroxylation is 3. The number of oxazole rings is 1. The van der Waals surface area contributed by atoms with E-state index in [-0.39, 0.29) is 0 Å². The lowest BCUT2D eigenvalue weighted by molar-refractivity contribution is 0.248. The van der Waals surface area contributed by atoms with Gasteiger partial charge in [0, 0.05) is 6.42 Å². The van der Waals surface area contributed by atoms with Gasteiger partial charge in [-0.3, -0.25) is 0 Å². The minimum absolute atomic E-state index is 0.525. The van der Waals surface area contributed by atoms with Gasteiger partial charge < -0.3 is 13.9 Å². The summed E-state index contributed by atoms with van der Waals surface area (Å²) in [5, 5.41) is 0. The predicted octanol–water partition coefficient (Wildman–Crippen LogP) is 3.18. The lowest BCUT2D eigenvalue weighted by Gasteiger charge is -2.06. The smallest absolute Gasteiger partial charge is 0.308 e. The molecule has 4 nitrogen and oxygen atoms in total. The normalized spacial score (nSPS) is 10.5. The number of ether oxygens (including phenoxy) is 2. The number of hydrogen-bond acceptors (Lipinski definition) is 4. The number of aromatic nitrogens is 1. The van der Waals surface area contributed by atoms with Crippen molar-refractivity contribution in [2.75, 3.05) is 13.7 Å². The number of methoxy groups -OCH3 is 1. The molecule has 0 fully saturated rings. The fourth-order valence-electron chi connectivity index (χ4n) is 1.96. The van der Waals surface area contributed by atoms with Crippen molar-refractivity contribution in [1.29, 1.82) is 0 Å². The van der Waals surface area contributed by atoms with Crippen molar-refractivity contribution >= 4 is 0 Å². The van der Waals surface area contributed by atoms with Crippen LogP contribution in [0.1, 0.15) is 24.1 Å². The summed E-state index contributed by atoms with van der Waals surface area (Å²) in [6.07, 6.45) is 1.56. The largest absolute Gasteiger partial charge is 0.496 e. The van der Waals surface area contributed by atoms with Crippen LogP contribution in [0.25, 0.3) is 0 Å². The highest BCUT2D eigenvalue weighted by molar-refractivity contribution is 5.33. The van der Waals surface area contributed by atoms with Crippen LogP contribution in [0.3, 0.4) is 0 Å². The van der Waals surface area contributed by atoms with Gasteiger partial charge in [0.15, 0.2) is 5.89 Å². The van der Waals surface area contributed by atoms with Crippen LogP contribution >= 0.6 is 0 Å². The summed E-state index contributed by atoms with van der Waals surface area (Å²) < 4.78 is 16.3. The van der Waals surface area contributed by atoms with Gasteiger partial charge in [-0.05, 0) is 31.9 Å². The molecule has 0 atom stereocenters. The van der Waals surface area contributed by atoms with Crippen molar-refractivity contribution in [3.05, 3.63) is 41.4 Å². The molecular formula is C15H19NO3. The van der Waals surface area contributed by atoms with Crippen LogP contribution in [0.2, 0.25) is 0 Å². The van der Waals surface area contributed by atoms with E-state index in [9.17, 15) is 0 Å². The van der Waals surface area contributed by atoms with Gasteiger partial charge in [0.05, 0.1) is 13.7 Å². The average molecular weight is 261 g/mol. The number of para-hydroxylation sites is 1. The highest BCUT2D eigenvalue weighted by Gasteiger charge is 2.11. The van der Waals surface area contributed by atoms with Crippen LogP contribution in [-0.4, -0.2) is 18.7 Å². The lowest BCUT2D eigenvalue weighted by Crippen LogP contribution is -1.95. The van der Waals surface area contributed by atoms with E-state index < -0.39 is 0 Å². The molecule has 4 heteroatoms. The van der Waals surface area contributed by atoms with Crippen LogP contribution in [-0.2, 0) is 12.8 Å². The zero-order chi connectivity index (χ0) is 13.7. The number of benzene rings is 1. The van der Waals surface area contributed by atoms with Crippen LogP contribution in [0, 0.1) is 6.92 Å². The van der Waals surface area contributed by atoms with Crippen LogP contribution < -0.4 is 9.47 Å². The Morgan fingerprint density at radius 2 is 2.00 bits per heavy atom. The van der Waals surface area contributed by atoms with E-state index in [2.05, 4.69) is 11.1 Å². The van der Waals surface area contributed by atoms with E-state index in [1.54, 1.807) is 7.11 Å². The van der Waals surface area contributed by atoms with Crippen molar-refractivity contribution in [2.45, 2.75) is 26.7 Å². The van der Waals surface area contributed by atoms with Gasteiger partial charge >= 0.3 is 5.95 Å². The summed E-state index contributed by atoms with van der Waals surface area (Å²) in [6.45, 7) is 4.40. The minimum Gasteiger partial charge on any atom is -0.496 e. The third-order valence-corrected chi connectivity index (χ3v) is 2.87. The summed E-state index contributed by atoms with van der Waals surface area (Å²) in [5.41, 5.74) is 1.95. The highest BCUT2D eigenvalue weighted by Crippen LogP contribution is 2.22. The summed E-state index contributed by atoms with van der Waals surface area (Å²) in [4.78, 5) is 4.37. The number of rotatable bonds is 6. The summed E-state index contributed by atoms with van der Waals surface area (Å²) in [6, 6.07) is 7.98. The second-order valence-electron chi connectivity index (χ2n) is 4.23. The second-order valence-corrected chi connectivity index (χ2v) is 4.23. The van der Waals surface area contributed by atoms with E-state index in [0.29, 0.717) is 18.4 Å². The molecule has 2 rings (SSSR count). The van der Waals surface area contributed by atoms with Gasteiger partial charge in [0.1, 0.15) is 11.4 Å². The first-order valence-electron chi connectivity index (χ1n) is 6.45. The third kappa shape index (κ3) is 3.28. The molecule has 0 radical (unpaired) electrons. The molecule has 0 aliphatic rings. The van der Waals surface area contributed by atoms with Crippen molar-refractivity contribution in [3.63, 3.8) is 0 Å². The molecule has 0 aliphatic heterocycles. The monoisotopic (exact) mass is 261 g/mol.